The normalized spacial score (nSPS) is 34.6. The van der Waals surface area contributed by atoms with E-state index in [2.05, 4.69) is 0 Å². The van der Waals surface area contributed by atoms with Gasteiger partial charge in [-0.1, -0.05) is 0 Å². The van der Waals surface area contributed by atoms with E-state index in [4.69, 9.17) is 0 Å². The van der Waals surface area contributed by atoms with Gasteiger partial charge in [0, 0.05) is 26.2 Å². The average Bonchev–Trinajstić information content (AvgIpc) is 2.68. The predicted octanol–water partition coefficient (Wildman–Crippen LogP) is 3.01. The van der Waals surface area contributed by atoms with Gasteiger partial charge < -0.3 is 4.90 Å². The fourth-order valence-electron chi connectivity index (χ4n) is 6.63. The summed E-state index contributed by atoms with van der Waals surface area (Å²) < 4.78 is 53.5. The quantitative estimate of drug-likeness (QED) is 0.750. The van der Waals surface area contributed by atoms with Crippen LogP contribution in [0.15, 0.2) is 23.1 Å². The van der Waals surface area contributed by atoms with Crippen molar-refractivity contribution in [3.8, 4) is 0 Å². The maximum absolute atomic E-state index is 13.5. The Morgan fingerprint density at radius 3 is 1.97 bits per heavy atom. The number of halogens is 2. The Morgan fingerprint density at radius 1 is 0.897 bits per heavy atom. The highest BCUT2D eigenvalue weighted by Gasteiger charge is 2.55. The predicted molar refractivity (Wildman–Crippen MR) is 102 cm³/mol. The average molecular weight is 425 g/mol. The number of carbonyl (C=O) groups excluding carboxylic acids is 1. The molecule has 4 bridgehead atoms. The molecule has 1 amide bonds. The van der Waals surface area contributed by atoms with Crippen molar-refractivity contribution >= 4 is 15.9 Å². The summed E-state index contributed by atoms with van der Waals surface area (Å²) >= 11 is 0. The fraction of sp³-hybridized carbons (Fsp3) is 0.667. The van der Waals surface area contributed by atoms with E-state index in [1.807, 2.05) is 4.90 Å². The second kappa shape index (κ2) is 6.74. The maximum atomic E-state index is 13.5. The number of nitrogens with zero attached hydrogens (tertiary/aromatic N) is 2. The van der Waals surface area contributed by atoms with Gasteiger partial charge in [-0.05, 0) is 74.5 Å². The molecule has 8 heteroatoms. The molecule has 0 N–H and O–H groups in total. The number of benzene rings is 1. The highest BCUT2D eigenvalue weighted by Crippen LogP contribution is 2.60. The first-order valence-electron chi connectivity index (χ1n) is 10.5. The Labute approximate surface area is 170 Å². The number of rotatable bonds is 3. The maximum Gasteiger partial charge on any atom is 0.243 e. The molecule has 0 aromatic heterocycles. The summed E-state index contributed by atoms with van der Waals surface area (Å²) in [7, 11) is -3.91. The van der Waals surface area contributed by atoms with Crippen molar-refractivity contribution in [2.75, 3.05) is 26.2 Å². The van der Waals surface area contributed by atoms with Crippen LogP contribution in [0, 0.1) is 34.8 Å². The second-order valence-corrected chi connectivity index (χ2v) is 11.4. The van der Waals surface area contributed by atoms with Crippen LogP contribution in [0.3, 0.4) is 0 Å². The smallest absolute Gasteiger partial charge is 0.243 e. The van der Waals surface area contributed by atoms with Crippen molar-refractivity contribution in [1.82, 2.24) is 9.21 Å². The lowest BCUT2D eigenvalue weighted by molar-refractivity contribution is -0.158. The van der Waals surface area contributed by atoms with Gasteiger partial charge >= 0.3 is 0 Å². The summed E-state index contributed by atoms with van der Waals surface area (Å²) in [4.78, 5) is 15.0. The number of amides is 1. The molecule has 5 aliphatic rings. The van der Waals surface area contributed by atoms with Gasteiger partial charge in [-0.3, -0.25) is 4.79 Å². The second-order valence-electron chi connectivity index (χ2n) is 9.47. The standard InChI is InChI=1S/C21H26F2N2O3S/c22-18-2-1-17(10-19(18)23)29(27,28)25-5-3-24(4-6-25)20(26)21-11-14-7-15(12-21)9-16(8-14)13-21/h1-2,10,14-16H,3-9,11-13H2. The molecule has 0 unspecified atom stereocenters. The highest BCUT2D eigenvalue weighted by atomic mass is 32.2. The Morgan fingerprint density at radius 2 is 1.45 bits per heavy atom. The summed E-state index contributed by atoms with van der Waals surface area (Å²) in [6.07, 6.45) is 6.79. The van der Waals surface area contributed by atoms with Crippen molar-refractivity contribution in [1.29, 1.82) is 0 Å². The lowest BCUT2D eigenvalue weighted by Crippen LogP contribution is -2.58. The number of hydrogen-bond acceptors (Lipinski definition) is 3. The first kappa shape index (κ1) is 19.4. The third-order valence-corrected chi connectivity index (χ3v) is 9.44. The first-order chi connectivity index (χ1) is 13.8. The zero-order valence-corrected chi connectivity index (χ0v) is 17.1. The number of piperazine rings is 1. The van der Waals surface area contributed by atoms with Gasteiger partial charge in [-0.2, -0.15) is 4.31 Å². The monoisotopic (exact) mass is 424 g/mol. The molecule has 1 saturated heterocycles. The van der Waals surface area contributed by atoms with Crippen LogP contribution in [0.25, 0.3) is 0 Å². The van der Waals surface area contributed by atoms with Crippen molar-refractivity contribution in [3.63, 3.8) is 0 Å². The Hall–Kier alpha value is -1.54. The molecular weight excluding hydrogens is 398 g/mol. The van der Waals surface area contributed by atoms with E-state index in [0.717, 1.165) is 37.5 Å². The van der Waals surface area contributed by atoms with E-state index in [-0.39, 0.29) is 29.3 Å². The molecule has 6 rings (SSSR count). The molecule has 0 radical (unpaired) electrons. The SMILES string of the molecule is O=C(N1CCN(S(=O)(=O)c2ccc(F)c(F)c2)CC1)C12CC3CC(CC(C3)C1)C2. The number of carbonyl (C=O) groups is 1. The van der Waals surface area contributed by atoms with Crippen LogP contribution in [-0.4, -0.2) is 49.7 Å². The molecular formula is C21H26F2N2O3S. The molecule has 1 aromatic rings. The summed E-state index contributed by atoms with van der Waals surface area (Å²) in [5.74, 6) is -0.00108. The van der Waals surface area contributed by atoms with Crippen LogP contribution in [-0.2, 0) is 14.8 Å². The van der Waals surface area contributed by atoms with E-state index in [9.17, 15) is 22.0 Å². The van der Waals surface area contributed by atoms with Crippen LogP contribution in [0.4, 0.5) is 8.78 Å². The van der Waals surface area contributed by atoms with Crippen LogP contribution in [0.5, 0.6) is 0 Å². The van der Waals surface area contributed by atoms with E-state index in [0.29, 0.717) is 30.8 Å². The fourth-order valence-corrected chi connectivity index (χ4v) is 8.06. The Bertz CT molecular complexity index is 906. The zero-order valence-electron chi connectivity index (χ0n) is 16.3. The van der Waals surface area contributed by atoms with E-state index >= 15 is 0 Å². The molecule has 5 nitrogen and oxygen atoms in total. The van der Waals surface area contributed by atoms with E-state index in [1.165, 1.54) is 23.6 Å². The highest BCUT2D eigenvalue weighted by molar-refractivity contribution is 7.89. The van der Waals surface area contributed by atoms with Gasteiger partial charge in [0.25, 0.3) is 0 Å². The van der Waals surface area contributed by atoms with Crippen molar-refractivity contribution in [2.45, 2.75) is 43.4 Å². The summed E-state index contributed by atoms with van der Waals surface area (Å²) in [6, 6.07) is 2.63. The van der Waals surface area contributed by atoms with Gasteiger partial charge in [0.1, 0.15) is 0 Å². The minimum absolute atomic E-state index is 0.180. The van der Waals surface area contributed by atoms with Crippen LogP contribution in [0.2, 0.25) is 0 Å². The van der Waals surface area contributed by atoms with Crippen LogP contribution < -0.4 is 0 Å². The number of hydrogen-bond donors (Lipinski definition) is 0. The molecule has 1 heterocycles. The van der Waals surface area contributed by atoms with E-state index in [1.54, 1.807) is 0 Å². The minimum Gasteiger partial charge on any atom is -0.340 e. The molecule has 0 spiro atoms. The van der Waals surface area contributed by atoms with Crippen molar-refractivity contribution in [2.24, 2.45) is 23.2 Å². The Balaban J connectivity index is 1.28. The largest absolute Gasteiger partial charge is 0.340 e. The van der Waals surface area contributed by atoms with Gasteiger partial charge in [0.2, 0.25) is 15.9 Å². The minimum atomic E-state index is -3.91. The molecule has 158 valence electrons. The van der Waals surface area contributed by atoms with Crippen molar-refractivity contribution in [3.05, 3.63) is 29.8 Å². The van der Waals surface area contributed by atoms with Gasteiger partial charge in [-0.25, -0.2) is 17.2 Å². The summed E-state index contributed by atoms with van der Waals surface area (Å²) in [6.45, 7) is 1.06. The molecule has 1 aromatic carbocycles. The van der Waals surface area contributed by atoms with E-state index < -0.39 is 21.7 Å². The van der Waals surface area contributed by atoms with Crippen LogP contribution in [0.1, 0.15) is 38.5 Å². The van der Waals surface area contributed by atoms with Crippen LogP contribution >= 0.6 is 0 Å². The Kier molecular flexibility index (Phi) is 4.51. The van der Waals surface area contributed by atoms with Gasteiger partial charge in [0.15, 0.2) is 11.6 Å². The third-order valence-electron chi connectivity index (χ3n) is 7.55. The lowest BCUT2D eigenvalue weighted by atomic mass is 9.49. The van der Waals surface area contributed by atoms with Crippen molar-refractivity contribution < 1.29 is 22.0 Å². The topological polar surface area (TPSA) is 57.7 Å². The summed E-state index contributed by atoms with van der Waals surface area (Å²) in [5, 5.41) is 0. The lowest BCUT2D eigenvalue weighted by Gasteiger charge is -2.57. The first-order valence-corrected chi connectivity index (χ1v) is 12.0. The molecule has 29 heavy (non-hydrogen) atoms. The summed E-state index contributed by atoms with van der Waals surface area (Å²) in [5.41, 5.74) is -0.226. The molecule has 4 saturated carbocycles. The van der Waals surface area contributed by atoms with Gasteiger partial charge in [0.05, 0.1) is 10.3 Å². The van der Waals surface area contributed by atoms with Gasteiger partial charge in [-0.15, -0.1) is 0 Å². The zero-order chi connectivity index (χ0) is 20.4. The molecule has 0 atom stereocenters. The molecule has 5 fully saturated rings. The number of sulfonamides is 1. The molecule has 4 aliphatic carbocycles. The molecule has 1 aliphatic heterocycles. The third kappa shape index (κ3) is 3.19.